The summed E-state index contributed by atoms with van der Waals surface area (Å²) >= 11 is 9.97. The normalized spacial score (nSPS) is 12.3. The molecule has 0 spiro atoms. The highest BCUT2D eigenvalue weighted by atomic mass is 79.9. The molecule has 1 unspecified atom stereocenters. The highest BCUT2D eigenvalue weighted by Crippen LogP contribution is 2.37. The fourth-order valence-electron chi connectivity index (χ4n) is 2.13. The molecular formula is C16H16BrClO. The Morgan fingerprint density at radius 1 is 1.11 bits per heavy atom. The Bertz CT molecular complexity index is 595. The van der Waals surface area contributed by atoms with Crippen molar-refractivity contribution in [1.29, 1.82) is 0 Å². The quantitative estimate of drug-likeness (QED) is 0.676. The molecule has 3 heteroatoms. The maximum absolute atomic E-state index is 6.19. The van der Waals surface area contributed by atoms with Crippen molar-refractivity contribution < 1.29 is 4.74 Å². The molecule has 0 saturated carbocycles. The van der Waals surface area contributed by atoms with E-state index in [4.69, 9.17) is 16.3 Å². The van der Waals surface area contributed by atoms with E-state index in [1.807, 2.05) is 31.2 Å². The van der Waals surface area contributed by atoms with E-state index in [-0.39, 0.29) is 4.83 Å². The monoisotopic (exact) mass is 338 g/mol. The number of ether oxygens (including phenoxy) is 1. The smallest absolute Gasteiger partial charge is 0.119 e. The third-order valence-corrected chi connectivity index (χ3v) is 4.73. The average Bonchev–Trinajstić information content (AvgIpc) is 2.41. The van der Waals surface area contributed by atoms with Crippen molar-refractivity contribution >= 4 is 27.5 Å². The van der Waals surface area contributed by atoms with Gasteiger partial charge in [0, 0.05) is 5.02 Å². The van der Waals surface area contributed by atoms with Crippen molar-refractivity contribution in [2.24, 2.45) is 0 Å². The van der Waals surface area contributed by atoms with Crippen LogP contribution in [0.3, 0.4) is 0 Å². The minimum absolute atomic E-state index is 0.136. The first kappa shape index (κ1) is 14.4. The van der Waals surface area contributed by atoms with E-state index >= 15 is 0 Å². The number of hydrogen-bond donors (Lipinski definition) is 0. The van der Waals surface area contributed by atoms with Crippen LogP contribution >= 0.6 is 27.5 Å². The molecule has 1 atom stereocenters. The van der Waals surface area contributed by atoms with Crippen LogP contribution in [0.5, 0.6) is 5.75 Å². The topological polar surface area (TPSA) is 9.23 Å². The predicted octanol–water partition coefficient (Wildman–Crippen LogP) is 5.45. The molecule has 1 nitrogen and oxygen atoms in total. The number of halogens is 2. The van der Waals surface area contributed by atoms with Crippen LogP contribution in [0.15, 0.2) is 36.4 Å². The summed E-state index contributed by atoms with van der Waals surface area (Å²) in [6.07, 6.45) is 0. The number of hydrogen-bond acceptors (Lipinski definition) is 1. The predicted molar refractivity (Wildman–Crippen MR) is 84.7 cm³/mol. The van der Waals surface area contributed by atoms with Crippen LogP contribution in [-0.4, -0.2) is 7.11 Å². The Kier molecular flexibility index (Phi) is 4.54. The Morgan fingerprint density at radius 3 is 2.47 bits per heavy atom. The maximum Gasteiger partial charge on any atom is 0.119 e. The summed E-state index contributed by atoms with van der Waals surface area (Å²) in [5.41, 5.74) is 4.73. The molecule has 0 fully saturated rings. The lowest BCUT2D eigenvalue weighted by atomic mass is 9.97. The van der Waals surface area contributed by atoms with Crippen LogP contribution < -0.4 is 4.74 Å². The van der Waals surface area contributed by atoms with Crippen molar-refractivity contribution in [3.8, 4) is 5.75 Å². The van der Waals surface area contributed by atoms with Gasteiger partial charge < -0.3 is 4.74 Å². The van der Waals surface area contributed by atoms with E-state index in [0.29, 0.717) is 0 Å². The molecule has 0 aliphatic heterocycles. The third-order valence-electron chi connectivity index (χ3n) is 3.33. The standard InChI is InChI=1S/C16H16BrClO/c1-10-9-12(19-3)7-8-13(10)16(17)14-5-4-6-15(18)11(14)2/h4-9,16H,1-3H3. The third kappa shape index (κ3) is 2.96. The van der Waals surface area contributed by atoms with Crippen LogP contribution in [0.2, 0.25) is 5.02 Å². The molecule has 19 heavy (non-hydrogen) atoms. The molecule has 0 saturated heterocycles. The highest BCUT2D eigenvalue weighted by molar-refractivity contribution is 9.09. The number of benzene rings is 2. The minimum atomic E-state index is 0.136. The lowest BCUT2D eigenvalue weighted by Gasteiger charge is -2.17. The molecule has 0 amide bonds. The molecule has 100 valence electrons. The van der Waals surface area contributed by atoms with E-state index in [2.05, 4.69) is 35.0 Å². The second-order valence-electron chi connectivity index (χ2n) is 4.54. The summed E-state index contributed by atoms with van der Waals surface area (Å²) in [7, 11) is 1.68. The molecule has 0 radical (unpaired) electrons. The van der Waals surface area contributed by atoms with Gasteiger partial charge in [-0.3, -0.25) is 0 Å². The molecule has 0 aliphatic carbocycles. The minimum Gasteiger partial charge on any atom is -0.497 e. The van der Waals surface area contributed by atoms with Gasteiger partial charge in [-0.05, 0) is 54.3 Å². The summed E-state index contributed by atoms with van der Waals surface area (Å²) in [5, 5.41) is 0.799. The van der Waals surface area contributed by atoms with Crippen molar-refractivity contribution in [3.63, 3.8) is 0 Å². The largest absolute Gasteiger partial charge is 0.497 e. The first-order chi connectivity index (χ1) is 9.04. The zero-order valence-corrected chi connectivity index (χ0v) is 13.5. The zero-order valence-electron chi connectivity index (χ0n) is 11.2. The summed E-state index contributed by atoms with van der Waals surface area (Å²) < 4.78 is 5.24. The van der Waals surface area contributed by atoms with Gasteiger partial charge in [0.15, 0.2) is 0 Å². The fraction of sp³-hybridized carbons (Fsp3) is 0.250. The van der Waals surface area contributed by atoms with E-state index in [1.54, 1.807) is 7.11 Å². The molecular weight excluding hydrogens is 324 g/mol. The van der Waals surface area contributed by atoms with Gasteiger partial charge >= 0.3 is 0 Å². The summed E-state index contributed by atoms with van der Waals surface area (Å²) in [4.78, 5) is 0.136. The Hall–Kier alpha value is -0.990. The van der Waals surface area contributed by atoms with Gasteiger partial charge in [-0.25, -0.2) is 0 Å². The Balaban J connectivity index is 2.44. The highest BCUT2D eigenvalue weighted by Gasteiger charge is 2.16. The van der Waals surface area contributed by atoms with Crippen molar-refractivity contribution in [1.82, 2.24) is 0 Å². The second-order valence-corrected chi connectivity index (χ2v) is 5.86. The first-order valence-corrected chi connectivity index (χ1v) is 7.37. The SMILES string of the molecule is COc1ccc(C(Br)c2cccc(Cl)c2C)c(C)c1. The number of alkyl halides is 1. The average molecular weight is 340 g/mol. The maximum atomic E-state index is 6.19. The molecule has 0 aliphatic rings. The molecule has 2 rings (SSSR count). The van der Waals surface area contributed by atoms with Gasteiger partial charge in [-0.1, -0.05) is 45.7 Å². The molecule has 0 bridgehead atoms. The fourth-order valence-corrected chi connectivity index (χ4v) is 3.32. The van der Waals surface area contributed by atoms with Crippen molar-refractivity contribution in [3.05, 3.63) is 63.7 Å². The van der Waals surface area contributed by atoms with Crippen LogP contribution in [0.1, 0.15) is 27.1 Å². The van der Waals surface area contributed by atoms with Crippen molar-refractivity contribution in [2.75, 3.05) is 7.11 Å². The Labute approximate surface area is 127 Å². The molecule has 2 aromatic carbocycles. The summed E-state index contributed by atoms with van der Waals surface area (Å²) in [5.74, 6) is 0.878. The first-order valence-electron chi connectivity index (χ1n) is 6.08. The summed E-state index contributed by atoms with van der Waals surface area (Å²) in [6, 6.07) is 12.1. The van der Waals surface area contributed by atoms with E-state index in [0.717, 1.165) is 16.3 Å². The number of rotatable bonds is 3. The van der Waals surface area contributed by atoms with Gasteiger partial charge in [-0.15, -0.1) is 0 Å². The van der Waals surface area contributed by atoms with Crippen molar-refractivity contribution in [2.45, 2.75) is 18.7 Å². The van der Waals surface area contributed by atoms with E-state index in [1.165, 1.54) is 16.7 Å². The lowest BCUT2D eigenvalue weighted by molar-refractivity contribution is 0.414. The number of aryl methyl sites for hydroxylation is 1. The molecule has 0 aromatic heterocycles. The lowest BCUT2D eigenvalue weighted by Crippen LogP contribution is -1.99. The van der Waals surface area contributed by atoms with Gasteiger partial charge in [0.1, 0.15) is 5.75 Å². The van der Waals surface area contributed by atoms with Gasteiger partial charge in [0.05, 0.1) is 11.9 Å². The van der Waals surface area contributed by atoms with Gasteiger partial charge in [0.2, 0.25) is 0 Å². The Morgan fingerprint density at radius 2 is 1.84 bits per heavy atom. The van der Waals surface area contributed by atoms with E-state index in [9.17, 15) is 0 Å². The van der Waals surface area contributed by atoms with Crippen LogP contribution in [0.4, 0.5) is 0 Å². The van der Waals surface area contributed by atoms with E-state index < -0.39 is 0 Å². The van der Waals surface area contributed by atoms with Crippen LogP contribution in [-0.2, 0) is 0 Å². The zero-order chi connectivity index (χ0) is 14.0. The second kappa shape index (κ2) is 5.98. The summed E-state index contributed by atoms with van der Waals surface area (Å²) in [6.45, 7) is 4.14. The van der Waals surface area contributed by atoms with Crippen LogP contribution in [0, 0.1) is 13.8 Å². The van der Waals surface area contributed by atoms with Gasteiger partial charge in [-0.2, -0.15) is 0 Å². The molecule has 0 N–H and O–H groups in total. The number of methoxy groups -OCH3 is 1. The molecule has 2 aromatic rings. The molecule has 0 heterocycles. The van der Waals surface area contributed by atoms with Crippen LogP contribution in [0.25, 0.3) is 0 Å². The van der Waals surface area contributed by atoms with Gasteiger partial charge in [0.25, 0.3) is 0 Å².